The number of aromatic nitrogens is 2. The van der Waals surface area contributed by atoms with E-state index in [1.54, 1.807) is 36.4 Å². The van der Waals surface area contributed by atoms with Crippen LogP contribution >= 0.6 is 0 Å². The number of rotatable bonds is 5. The quantitative estimate of drug-likeness (QED) is 0.400. The first-order valence-corrected chi connectivity index (χ1v) is 10.2. The molecule has 2 aromatic carbocycles. The number of hydrogen-bond acceptors (Lipinski definition) is 5. The van der Waals surface area contributed by atoms with E-state index >= 15 is 0 Å². The Bertz CT molecular complexity index is 1210. The molecule has 0 aliphatic heterocycles. The van der Waals surface area contributed by atoms with E-state index in [4.69, 9.17) is 5.26 Å². The third-order valence-corrected chi connectivity index (χ3v) is 4.57. The first-order chi connectivity index (χ1) is 15.9. The van der Waals surface area contributed by atoms with E-state index in [1.807, 2.05) is 20.8 Å². The van der Waals surface area contributed by atoms with Crippen LogP contribution < -0.4 is 10.4 Å². The lowest BCUT2D eigenvalue weighted by Gasteiger charge is -2.31. The molecular formula is C24H21F4N5O. The van der Waals surface area contributed by atoms with Crippen LogP contribution in [0.3, 0.4) is 0 Å². The summed E-state index contributed by atoms with van der Waals surface area (Å²) < 4.78 is 53.0. The summed E-state index contributed by atoms with van der Waals surface area (Å²) in [5.74, 6) is -1.87. The van der Waals surface area contributed by atoms with Crippen LogP contribution in [0.1, 0.15) is 42.6 Å². The van der Waals surface area contributed by atoms with Gasteiger partial charge in [-0.25, -0.2) is 9.37 Å². The summed E-state index contributed by atoms with van der Waals surface area (Å²) in [7, 11) is 0. The van der Waals surface area contributed by atoms with Crippen molar-refractivity contribution in [2.24, 2.45) is 5.41 Å². The van der Waals surface area contributed by atoms with Crippen molar-refractivity contribution in [3.63, 3.8) is 0 Å². The molecule has 0 aliphatic carbocycles. The number of halogens is 4. The normalized spacial score (nSPS) is 11.6. The van der Waals surface area contributed by atoms with Gasteiger partial charge >= 0.3 is 6.18 Å². The zero-order valence-corrected chi connectivity index (χ0v) is 18.6. The maximum atomic E-state index is 13.3. The van der Waals surface area contributed by atoms with Crippen molar-refractivity contribution < 1.29 is 22.4 Å². The molecule has 0 bridgehead atoms. The van der Waals surface area contributed by atoms with E-state index < -0.39 is 29.0 Å². The maximum absolute atomic E-state index is 13.3. The minimum atomic E-state index is -4.79. The number of carbonyl (C=O) groups is 1. The fraction of sp³-hybridized carbons (Fsp3) is 0.250. The van der Waals surface area contributed by atoms with Gasteiger partial charge in [-0.1, -0.05) is 45.0 Å². The Balaban J connectivity index is 1.90. The molecule has 1 heterocycles. The standard InChI is InChI=1S/C24H21F4N5O/c1-23(2,3)14-33(21-12-19(24(26,27)28)30-20(13-29)31-21)32-22(34)17-6-4-15(5-7-17)16-8-10-18(25)11-9-16/h4-12H,14H2,1-3H3,(H,32,34). The number of nitrogens with zero attached hydrogens (tertiary/aromatic N) is 4. The van der Waals surface area contributed by atoms with Gasteiger partial charge in [0.15, 0.2) is 11.5 Å². The summed E-state index contributed by atoms with van der Waals surface area (Å²) in [6.45, 7) is 5.60. The predicted octanol–water partition coefficient (Wildman–Crippen LogP) is 5.37. The van der Waals surface area contributed by atoms with E-state index in [0.717, 1.165) is 11.1 Å². The van der Waals surface area contributed by atoms with Gasteiger partial charge in [-0.15, -0.1) is 0 Å². The summed E-state index contributed by atoms with van der Waals surface area (Å²) in [5.41, 5.74) is 2.61. The van der Waals surface area contributed by atoms with Crippen molar-refractivity contribution >= 4 is 11.7 Å². The van der Waals surface area contributed by atoms with Gasteiger partial charge in [-0.2, -0.15) is 23.4 Å². The van der Waals surface area contributed by atoms with Gasteiger partial charge in [-0.05, 0) is 40.8 Å². The first kappa shape index (κ1) is 24.6. The van der Waals surface area contributed by atoms with E-state index in [1.165, 1.54) is 23.2 Å². The second-order valence-electron chi connectivity index (χ2n) is 8.72. The zero-order valence-electron chi connectivity index (χ0n) is 18.6. The molecule has 10 heteroatoms. The lowest BCUT2D eigenvalue weighted by Crippen LogP contribution is -2.47. The van der Waals surface area contributed by atoms with Crippen LogP contribution in [0.15, 0.2) is 54.6 Å². The van der Waals surface area contributed by atoms with Crippen molar-refractivity contribution in [1.82, 2.24) is 15.4 Å². The van der Waals surface area contributed by atoms with Crippen LogP contribution in [0.2, 0.25) is 0 Å². The van der Waals surface area contributed by atoms with E-state index in [-0.39, 0.29) is 23.7 Å². The molecule has 0 saturated carbocycles. The van der Waals surface area contributed by atoms with Crippen LogP contribution in [-0.4, -0.2) is 22.4 Å². The molecule has 3 rings (SSSR count). The molecule has 176 valence electrons. The lowest BCUT2D eigenvalue weighted by atomic mass is 9.96. The van der Waals surface area contributed by atoms with Crippen molar-refractivity contribution in [1.29, 1.82) is 5.26 Å². The number of carbonyl (C=O) groups excluding carboxylic acids is 1. The minimum Gasteiger partial charge on any atom is -0.267 e. The Morgan fingerprint density at radius 3 is 2.06 bits per heavy atom. The molecule has 0 fully saturated rings. The Morgan fingerprint density at radius 2 is 1.56 bits per heavy atom. The van der Waals surface area contributed by atoms with E-state index in [2.05, 4.69) is 15.4 Å². The highest BCUT2D eigenvalue weighted by Crippen LogP contribution is 2.30. The van der Waals surface area contributed by atoms with E-state index in [9.17, 15) is 22.4 Å². The topological polar surface area (TPSA) is 81.9 Å². The van der Waals surface area contributed by atoms with Crippen LogP contribution in [0.5, 0.6) is 0 Å². The Hall–Kier alpha value is -4.00. The van der Waals surface area contributed by atoms with Crippen molar-refractivity contribution in [3.05, 3.63) is 77.5 Å². The van der Waals surface area contributed by atoms with Gasteiger partial charge in [0.25, 0.3) is 5.91 Å². The molecule has 6 nitrogen and oxygen atoms in total. The van der Waals surface area contributed by atoms with Gasteiger partial charge in [0, 0.05) is 18.2 Å². The van der Waals surface area contributed by atoms with Crippen molar-refractivity contribution in [3.8, 4) is 17.2 Å². The molecule has 0 aliphatic rings. The summed E-state index contributed by atoms with van der Waals surface area (Å²) in [6.07, 6.45) is -4.79. The Morgan fingerprint density at radius 1 is 1.00 bits per heavy atom. The fourth-order valence-electron chi connectivity index (χ4n) is 3.06. The van der Waals surface area contributed by atoms with Crippen LogP contribution in [-0.2, 0) is 6.18 Å². The summed E-state index contributed by atoms with van der Waals surface area (Å²) in [4.78, 5) is 20.0. The highest BCUT2D eigenvalue weighted by molar-refractivity contribution is 5.95. The average molecular weight is 471 g/mol. The van der Waals surface area contributed by atoms with Crippen molar-refractivity contribution in [2.45, 2.75) is 26.9 Å². The second-order valence-corrected chi connectivity index (χ2v) is 8.72. The third-order valence-electron chi connectivity index (χ3n) is 4.57. The molecule has 34 heavy (non-hydrogen) atoms. The monoisotopic (exact) mass is 471 g/mol. The number of nitrogens with one attached hydrogen (secondary N) is 1. The van der Waals surface area contributed by atoms with Crippen molar-refractivity contribution in [2.75, 3.05) is 11.6 Å². The number of amides is 1. The first-order valence-electron chi connectivity index (χ1n) is 10.2. The summed E-state index contributed by atoms with van der Waals surface area (Å²) >= 11 is 0. The van der Waals surface area contributed by atoms with Gasteiger partial charge in [0.05, 0.1) is 0 Å². The molecule has 0 spiro atoms. The van der Waals surface area contributed by atoms with Gasteiger partial charge in [0.2, 0.25) is 5.82 Å². The molecule has 0 radical (unpaired) electrons. The number of hydrogen-bond donors (Lipinski definition) is 1. The maximum Gasteiger partial charge on any atom is 0.433 e. The van der Waals surface area contributed by atoms with Crippen LogP contribution in [0.25, 0.3) is 11.1 Å². The lowest BCUT2D eigenvalue weighted by molar-refractivity contribution is -0.141. The molecular weight excluding hydrogens is 450 g/mol. The second kappa shape index (κ2) is 9.47. The summed E-state index contributed by atoms with van der Waals surface area (Å²) in [5, 5.41) is 10.3. The van der Waals surface area contributed by atoms with Gasteiger partial charge < -0.3 is 0 Å². The number of anilines is 1. The molecule has 1 N–H and O–H groups in total. The Kier molecular flexibility index (Phi) is 6.86. The average Bonchev–Trinajstić information content (AvgIpc) is 2.77. The molecule has 1 aromatic heterocycles. The SMILES string of the molecule is CC(C)(C)CN(NC(=O)c1ccc(-c2ccc(F)cc2)cc1)c1cc(C(F)(F)F)nc(C#N)n1. The minimum absolute atomic E-state index is 0.103. The largest absolute Gasteiger partial charge is 0.433 e. The number of nitriles is 1. The highest BCUT2D eigenvalue weighted by Gasteiger charge is 2.35. The molecule has 0 saturated heterocycles. The molecule has 3 aromatic rings. The Labute approximate surface area is 193 Å². The zero-order chi connectivity index (χ0) is 25.1. The molecule has 1 amide bonds. The number of hydrazine groups is 1. The summed E-state index contributed by atoms with van der Waals surface area (Å²) in [6, 6.07) is 14.5. The number of alkyl halides is 3. The smallest absolute Gasteiger partial charge is 0.267 e. The predicted molar refractivity (Wildman–Crippen MR) is 118 cm³/mol. The molecule has 0 atom stereocenters. The fourth-order valence-corrected chi connectivity index (χ4v) is 3.06. The number of benzene rings is 2. The van der Waals surface area contributed by atoms with Gasteiger partial charge in [0.1, 0.15) is 11.9 Å². The molecule has 0 unspecified atom stereocenters. The van der Waals surface area contributed by atoms with Crippen LogP contribution in [0.4, 0.5) is 23.4 Å². The van der Waals surface area contributed by atoms with Gasteiger partial charge in [-0.3, -0.25) is 15.2 Å². The van der Waals surface area contributed by atoms with E-state index in [0.29, 0.717) is 6.07 Å². The van der Waals surface area contributed by atoms with Crippen LogP contribution in [0, 0.1) is 22.6 Å². The third kappa shape index (κ3) is 6.28. The highest BCUT2D eigenvalue weighted by atomic mass is 19.4.